The zero-order valence-electron chi connectivity index (χ0n) is 22.8. The number of alkyl halides is 3. The van der Waals surface area contributed by atoms with Gasteiger partial charge in [-0.25, -0.2) is 0 Å². The van der Waals surface area contributed by atoms with Crippen molar-refractivity contribution in [2.75, 3.05) is 0 Å². The topological polar surface area (TPSA) is 20.3 Å². The van der Waals surface area contributed by atoms with Gasteiger partial charge in [0, 0.05) is 23.7 Å². The molecule has 192 valence electrons. The van der Waals surface area contributed by atoms with E-state index in [1.807, 2.05) is 27.7 Å². The van der Waals surface area contributed by atoms with Crippen molar-refractivity contribution in [1.29, 1.82) is 0 Å². The lowest BCUT2D eigenvalue weighted by Gasteiger charge is -2.37. The molecule has 0 aliphatic heterocycles. The van der Waals surface area contributed by atoms with Crippen LogP contribution >= 0.6 is 0 Å². The highest BCUT2D eigenvalue weighted by Gasteiger charge is 2.41. The molecule has 6 heteroatoms. The fourth-order valence-corrected chi connectivity index (χ4v) is 10.1. The number of hydrogen-bond acceptors (Lipinski definition) is 1. The second-order valence-corrected chi connectivity index (χ2v) is 16.0. The summed E-state index contributed by atoms with van der Waals surface area (Å²) in [4.78, 5) is 14.8. The van der Waals surface area contributed by atoms with E-state index in [0.29, 0.717) is 27.8 Å². The predicted molar refractivity (Wildman–Crippen MR) is 143 cm³/mol. The Morgan fingerprint density at radius 3 is 1.66 bits per heavy atom. The Bertz CT molecular complexity index is 981. The van der Waals surface area contributed by atoms with Gasteiger partial charge in [-0.05, 0) is 73.9 Å². The molecule has 0 aliphatic carbocycles. The Morgan fingerprint density at radius 1 is 0.829 bits per heavy atom. The maximum atomic E-state index is 13.1. The fourth-order valence-electron chi connectivity index (χ4n) is 5.00. The summed E-state index contributed by atoms with van der Waals surface area (Å²) < 4.78 is 39.2. The van der Waals surface area contributed by atoms with Crippen molar-refractivity contribution in [3.63, 3.8) is 0 Å². The van der Waals surface area contributed by atoms with Gasteiger partial charge in [0.25, 0.3) is 0 Å². The van der Waals surface area contributed by atoms with Gasteiger partial charge in [0.05, 0.1) is 5.56 Å². The number of carbonyl (C=O) groups excluding carboxylic acids is 1. The number of halogens is 3. The molecule has 1 amide bonds. The predicted octanol–water partition coefficient (Wildman–Crippen LogP) is 7.96. The quantitative estimate of drug-likeness (QED) is 0.210. The van der Waals surface area contributed by atoms with E-state index in [4.69, 9.17) is 0 Å². The third-order valence-electron chi connectivity index (χ3n) is 6.56. The maximum Gasteiger partial charge on any atom is 0.416 e. The van der Waals surface area contributed by atoms with E-state index in [0.717, 1.165) is 12.1 Å². The van der Waals surface area contributed by atoms with Crippen LogP contribution in [0.25, 0.3) is 5.57 Å². The smallest absolute Gasteiger partial charge is 0.334 e. The number of allylic oxidation sites excluding steroid dienone is 1. The van der Waals surface area contributed by atoms with Gasteiger partial charge in [0.15, 0.2) is 0 Å². The van der Waals surface area contributed by atoms with Crippen LogP contribution in [0.15, 0.2) is 30.3 Å². The second-order valence-electron chi connectivity index (χ2n) is 10.5. The van der Waals surface area contributed by atoms with Crippen LogP contribution in [0.2, 0.25) is 16.6 Å². The monoisotopic (exact) mass is 503 g/mol. The average Bonchev–Trinajstić information content (AvgIpc) is 2.70. The SMILES string of the molecule is CC(C)N(C(=O)/C=C(/C#CC#C[Si](C(C)C)(C(C)C)C(C)C)c1ccc(C(F)(F)F)cc1)C(C)C. The molecule has 0 atom stereocenters. The summed E-state index contributed by atoms with van der Waals surface area (Å²) in [5.41, 5.74) is 4.95. The third kappa shape index (κ3) is 7.77. The first-order valence-corrected chi connectivity index (χ1v) is 14.5. The first-order chi connectivity index (χ1) is 16.1. The minimum Gasteiger partial charge on any atom is -0.334 e. The van der Waals surface area contributed by atoms with Crippen molar-refractivity contribution in [1.82, 2.24) is 4.90 Å². The zero-order valence-corrected chi connectivity index (χ0v) is 23.8. The van der Waals surface area contributed by atoms with Crippen molar-refractivity contribution in [2.24, 2.45) is 0 Å². The highest BCUT2D eigenvalue weighted by molar-refractivity contribution is 6.90. The normalized spacial score (nSPS) is 12.7. The molecule has 0 saturated heterocycles. The molecule has 1 aromatic carbocycles. The number of amides is 1. The molecule has 35 heavy (non-hydrogen) atoms. The molecule has 0 unspecified atom stereocenters. The highest BCUT2D eigenvalue weighted by atomic mass is 28.3. The number of nitrogens with zero attached hydrogens (tertiary/aromatic N) is 1. The van der Waals surface area contributed by atoms with Gasteiger partial charge in [-0.2, -0.15) is 13.2 Å². The van der Waals surface area contributed by atoms with Crippen molar-refractivity contribution >= 4 is 19.6 Å². The lowest BCUT2D eigenvalue weighted by Crippen LogP contribution is -2.43. The molecular weight excluding hydrogens is 463 g/mol. The molecular formula is C29H40F3NOSi. The minimum atomic E-state index is -4.43. The van der Waals surface area contributed by atoms with E-state index >= 15 is 0 Å². The van der Waals surface area contributed by atoms with Crippen LogP contribution in [0.4, 0.5) is 13.2 Å². The summed E-state index contributed by atoms with van der Waals surface area (Å²) >= 11 is 0. The second kappa shape index (κ2) is 12.5. The van der Waals surface area contributed by atoms with Gasteiger partial charge >= 0.3 is 6.18 Å². The van der Waals surface area contributed by atoms with Gasteiger partial charge in [-0.3, -0.25) is 4.79 Å². The molecule has 0 radical (unpaired) electrons. The molecule has 0 aromatic heterocycles. The van der Waals surface area contributed by atoms with Gasteiger partial charge < -0.3 is 4.90 Å². The van der Waals surface area contributed by atoms with E-state index < -0.39 is 19.8 Å². The molecule has 0 saturated carbocycles. The Hall–Kier alpha value is -2.44. The van der Waals surface area contributed by atoms with Crippen molar-refractivity contribution in [3.8, 4) is 23.3 Å². The highest BCUT2D eigenvalue weighted by Crippen LogP contribution is 2.40. The summed E-state index contributed by atoms with van der Waals surface area (Å²) in [5, 5.41) is 0. The Kier molecular flexibility index (Phi) is 10.9. The van der Waals surface area contributed by atoms with Crippen molar-refractivity contribution < 1.29 is 18.0 Å². The Labute approximate surface area is 211 Å². The van der Waals surface area contributed by atoms with E-state index in [2.05, 4.69) is 64.8 Å². The van der Waals surface area contributed by atoms with Crippen LogP contribution in [0.1, 0.15) is 80.4 Å². The van der Waals surface area contributed by atoms with Crippen LogP contribution in [-0.2, 0) is 11.0 Å². The number of benzene rings is 1. The summed E-state index contributed by atoms with van der Waals surface area (Å²) in [6, 6.07) is 4.67. The van der Waals surface area contributed by atoms with Gasteiger partial charge in [0.1, 0.15) is 8.07 Å². The van der Waals surface area contributed by atoms with Crippen LogP contribution in [-0.4, -0.2) is 31.0 Å². The number of carbonyl (C=O) groups is 1. The number of hydrogen-bond donors (Lipinski definition) is 0. The maximum absolute atomic E-state index is 13.1. The Balaban J connectivity index is 3.60. The molecule has 0 aliphatic rings. The summed E-state index contributed by atoms with van der Waals surface area (Å²) in [7, 11) is -1.97. The van der Waals surface area contributed by atoms with E-state index in [1.54, 1.807) is 4.90 Å². The first kappa shape index (κ1) is 30.6. The van der Waals surface area contributed by atoms with Crippen LogP contribution in [0, 0.1) is 23.3 Å². The Morgan fingerprint density at radius 2 is 1.29 bits per heavy atom. The summed E-state index contributed by atoms with van der Waals surface area (Å²) in [5.74, 6) is 8.72. The van der Waals surface area contributed by atoms with E-state index in [1.165, 1.54) is 18.2 Å². The third-order valence-corrected chi connectivity index (χ3v) is 12.9. The number of rotatable bonds is 7. The molecule has 2 nitrogen and oxygen atoms in total. The van der Waals surface area contributed by atoms with Gasteiger partial charge in [0.2, 0.25) is 5.91 Å². The standard InChI is InChI=1S/C29H40F3NOSi/c1-20(2)33(21(3)4)28(34)19-26(25-14-16-27(17-15-25)29(30,31)32)13-11-12-18-35(22(5)6,23(7)8)24(9)10/h14-17,19-24H,1-10H3/b26-19-. The van der Waals surface area contributed by atoms with E-state index in [-0.39, 0.29) is 18.0 Å². The molecule has 1 rings (SSSR count). The van der Waals surface area contributed by atoms with Crippen molar-refractivity contribution in [3.05, 3.63) is 41.5 Å². The summed E-state index contributed by atoms with van der Waals surface area (Å²) in [6.45, 7) is 21.0. The van der Waals surface area contributed by atoms with Gasteiger partial charge in [-0.1, -0.05) is 59.6 Å². The average molecular weight is 504 g/mol. The minimum absolute atomic E-state index is 0.0323. The van der Waals surface area contributed by atoms with Crippen LogP contribution in [0.5, 0.6) is 0 Å². The largest absolute Gasteiger partial charge is 0.416 e. The van der Waals surface area contributed by atoms with E-state index in [9.17, 15) is 18.0 Å². The first-order valence-electron chi connectivity index (χ1n) is 12.3. The lowest BCUT2D eigenvalue weighted by molar-refractivity contribution is -0.137. The van der Waals surface area contributed by atoms with Crippen molar-refractivity contribution in [2.45, 2.75) is 104 Å². The van der Waals surface area contributed by atoms with Crippen LogP contribution in [0.3, 0.4) is 0 Å². The molecule has 0 heterocycles. The fraction of sp³-hybridized carbons (Fsp3) is 0.552. The molecule has 0 fully saturated rings. The van der Waals surface area contributed by atoms with Gasteiger partial charge in [-0.15, -0.1) is 5.54 Å². The van der Waals surface area contributed by atoms with Crippen LogP contribution < -0.4 is 0 Å². The molecule has 0 spiro atoms. The molecule has 1 aromatic rings. The molecule has 0 bridgehead atoms. The lowest BCUT2D eigenvalue weighted by atomic mass is 10.0. The molecule has 0 N–H and O–H groups in total. The zero-order chi connectivity index (χ0) is 27.1. The summed E-state index contributed by atoms with van der Waals surface area (Å²) in [6.07, 6.45) is -3.02.